The highest BCUT2D eigenvalue weighted by Crippen LogP contribution is 2.08. The van der Waals surface area contributed by atoms with E-state index >= 15 is 0 Å². The van der Waals surface area contributed by atoms with Crippen molar-refractivity contribution in [2.24, 2.45) is 11.6 Å². The van der Waals surface area contributed by atoms with Gasteiger partial charge in [0, 0.05) is 13.6 Å². The second kappa shape index (κ2) is 10.3. The molecular weight excluding hydrogens is 330 g/mol. The summed E-state index contributed by atoms with van der Waals surface area (Å²) >= 11 is 0. The van der Waals surface area contributed by atoms with Gasteiger partial charge in [-0.15, -0.1) is 0 Å². The Bertz CT molecular complexity index is 490. The van der Waals surface area contributed by atoms with Crippen LogP contribution >= 0.6 is 0 Å². The number of rotatable bonds is 8. The van der Waals surface area contributed by atoms with Gasteiger partial charge < -0.3 is 26.4 Å². The third-order valence-electron chi connectivity index (χ3n) is 2.85. The average molecular weight is 359 g/mol. The number of amides is 3. The number of alkyl carbamates (subject to hydrolysis) is 1. The molecule has 11 nitrogen and oxygen atoms in total. The zero-order chi connectivity index (χ0) is 19.6. The molecule has 1 atom stereocenters. The number of carbonyl (C=O) groups excluding carboxylic acids is 3. The maximum Gasteiger partial charge on any atom is 0.408 e. The maximum atomic E-state index is 12.4. The van der Waals surface area contributed by atoms with E-state index in [1.54, 1.807) is 20.8 Å². The lowest BCUT2D eigenvalue weighted by atomic mass is 10.1. The van der Waals surface area contributed by atoms with Crippen LogP contribution in [0.5, 0.6) is 0 Å². The first-order chi connectivity index (χ1) is 11.5. The first kappa shape index (κ1) is 22.4. The standard InChI is InChI=1S/C14H29N7O4/c1-14(2,3)25-13(24)20-9(6-5-7-19-12(15)16)11(23)21(17)8-10(22)18-4/h9H,5-8,17H2,1-4H3,(H,18,22)(H,20,24)(H4,15,16,19). The van der Waals surface area contributed by atoms with Gasteiger partial charge in [-0.25, -0.2) is 10.6 Å². The molecule has 0 aromatic heterocycles. The van der Waals surface area contributed by atoms with Gasteiger partial charge in [-0.1, -0.05) is 0 Å². The Morgan fingerprint density at radius 3 is 2.36 bits per heavy atom. The second-order valence-electron chi connectivity index (χ2n) is 6.32. The normalized spacial score (nSPS) is 11.9. The topological polar surface area (TPSA) is 176 Å². The summed E-state index contributed by atoms with van der Waals surface area (Å²) in [7, 11) is 1.42. The summed E-state index contributed by atoms with van der Waals surface area (Å²) in [6, 6.07) is -0.974. The molecule has 0 aromatic carbocycles. The van der Waals surface area contributed by atoms with Gasteiger partial charge in [0.05, 0.1) is 0 Å². The van der Waals surface area contributed by atoms with Gasteiger partial charge in [-0.2, -0.15) is 0 Å². The van der Waals surface area contributed by atoms with E-state index in [-0.39, 0.29) is 18.9 Å². The number of ether oxygens (including phenoxy) is 1. The minimum Gasteiger partial charge on any atom is -0.444 e. The van der Waals surface area contributed by atoms with Crippen LogP contribution in [0.3, 0.4) is 0 Å². The smallest absolute Gasteiger partial charge is 0.408 e. The zero-order valence-electron chi connectivity index (χ0n) is 15.1. The van der Waals surface area contributed by atoms with E-state index in [4.69, 9.17) is 21.7 Å². The summed E-state index contributed by atoms with van der Waals surface area (Å²) in [4.78, 5) is 35.7. The fourth-order valence-corrected chi connectivity index (χ4v) is 1.75. The predicted molar refractivity (Wildman–Crippen MR) is 92.3 cm³/mol. The number of hydrazine groups is 1. The highest BCUT2D eigenvalue weighted by molar-refractivity contribution is 5.89. The maximum absolute atomic E-state index is 12.4. The molecule has 0 radical (unpaired) electrons. The predicted octanol–water partition coefficient (Wildman–Crippen LogP) is -1.41. The number of guanidine groups is 1. The van der Waals surface area contributed by atoms with Crippen LogP contribution in [0.1, 0.15) is 33.6 Å². The summed E-state index contributed by atoms with van der Waals surface area (Å²) in [5.74, 6) is 4.35. The summed E-state index contributed by atoms with van der Waals surface area (Å²) in [5.41, 5.74) is 4.46. The molecule has 0 rings (SSSR count). The molecule has 0 spiro atoms. The molecule has 0 bridgehead atoms. The molecular formula is C14H29N7O4. The second-order valence-corrected chi connectivity index (χ2v) is 6.32. The number of hydrogen-bond acceptors (Lipinski definition) is 6. The lowest BCUT2D eigenvalue weighted by Gasteiger charge is -2.26. The van der Waals surface area contributed by atoms with Crippen LogP contribution in [0.2, 0.25) is 0 Å². The lowest BCUT2D eigenvalue weighted by Crippen LogP contribution is -2.54. The molecule has 11 heteroatoms. The Kier molecular flexibility index (Phi) is 9.28. The Morgan fingerprint density at radius 2 is 1.88 bits per heavy atom. The van der Waals surface area contributed by atoms with Crippen LogP contribution in [-0.2, 0) is 14.3 Å². The van der Waals surface area contributed by atoms with Crippen molar-refractivity contribution in [3.63, 3.8) is 0 Å². The Balaban J connectivity index is 4.85. The summed E-state index contributed by atoms with van der Waals surface area (Å²) < 4.78 is 5.13. The molecule has 25 heavy (non-hydrogen) atoms. The molecule has 0 saturated carbocycles. The van der Waals surface area contributed by atoms with Crippen molar-refractivity contribution < 1.29 is 19.1 Å². The monoisotopic (exact) mass is 359 g/mol. The van der Waals surface area contributed by atoms with Crippen LogP contribution in [0, 0.1) is 5.41 Å². The minimum atomic E-state index is -0.974. The molecule has 3 amide bonds. The molecule has 0 heterocycles. The number of hydrogen-bond donors (Lipinski definition) is 6. The zero-order valence-corrected chi connectivity index (χ0v) is 15.1. The molecule has 0 aliphatic rings. The Morgan fingerprint density at radius 1 is 1.28 bits per heavy atom. The number of carbonyl (C=O) groups is 3. The Labute approximate surface area is 147 Å². The number of likely N-dealkylation sites (N-methyl/N-ethyl adjacent to an activating group) is 1. The van der Waals surface area contributed by atoms with Crippen LogP contribution in [0.25, 0.3) is 0 Å². The summed E-state index contributed by atoms with van der Waals surface area (Å²) in [6.07, 6.45) is -0.113. The molecule has 0 aliphatic carbocycles. The van der Waals surface area contributed by atoms with E-state index in [1.165, 1.54) is 7.05 Å². The van der Waals surface area contributed by atoms with Crippen molar-refractivity contribution in [1.29, 1.82) is 5.41 Å². The lowest BCUT2D eigenvalue weighted by molar-refractivity contribution is -0.138. The first-order valence-corrected chi connectivity index (χ1v) is 7.80. The van der Waals surface area contributed by atoms with Crippen molar-refractivity contribution in [1.82, 2.24) is 21.0 Å². The minimum absolute atomic E-state index is 0.192. The van der Waals surface area contributed by atoms with Gasteiger partial charge in [0.2, 0.25) is 5.91 Å². The summed E-state index contributed by atoms with van der Waals surface area (Å²) in [5, 5.41) is 15.2. The largest absolute Gasteiger partial charge is 0.444 e. The van der Waals surface area contributed by atoms with E-state index in [9.17, 15) is 14.4 Å². The third kappa shape index (κ3) is 10.8. The quantitative estimate of drug-likeness (QED) is 0.0770. The average Bonchev–Trinajstić information content (AvgIpc) is 2.47. The van der Waals surface area contributed by atoms with E-state index in [2.05, 4.69) is 16.0 Å². The molecule has 0 aromatic rings. The number of nitrogens with two attached hydrogens (primary N) is 2. The van der Waals surface area contributed by atoms with Crippen molar-refractivity contribution in [3.8, 4) is 0 Å². The van der Waals surface area contributed by atoms with E-state index in [1.807, 2.05) is 0 Å². The highest BCUT2D eigenvalue weighted by Gasteiger charge is 2.27. The number of nitrogens with one attached hydrogen (secondary N) is 4. The molecule has 0 aliphatic heterocycles. The third-order valence-corrected chi connectivity index (χ3v) is 2.85. The molecule has 0 fully saturated rings. The first-order valence-electron chi connectivity index (χ1n) is 7.80. The van der Waals surface area contributed by atoms with Crippen LogP contribution in [-0.4, -0.2) is 60.7 Å². The molecule has 8 N–H and O–H groups in total. The SMILES string of the molecule is CNC(=O)CN(N)C(=O)C(CCCNC(=N)N)NC(=O)OC(C)(C)C. The molecule has 0 saturated heterocycles. The summed E-state index contributed by atoms with van der Waals surface area (Å²) in [6.45, 7) is 5.09. The van der Waals surface area contributed by atoms with Crippen LogP contribution in [0.15, 0.2) is 0 Å². The van der Waals surface area contributed by atoms with Gasteiger partial charge in [0.15, 0.2) is 5.96 Å². The van der Waals surface area contributed by atoms with Crippen LogP contribution < -0.4 is 27.5 Å². The van der Waals surface area contributed by atoms with E-state index < -0.39 is 29.6 Å². The van der Waals surface area contributed by atoms with Gasteiger partial charge in [-0.05, 0) is 33.6 Å². The van der Waals surface area contributed by atoms with Gasteiger partial charge in [-0.3, -0.25) is 20.0 Å². The van der Waals surface area contributed by atoms with Crippen LogP contribution in [0.4, 0.5) is 4.79 Å². The fraction of sp³-hybridized carbons (Fsp3) is 0.714. The van der Waals surface area contributed by atoms with Crippen molar-refractivity contribution in [2.75, 3.05) is 20.1 Å². The molecule has 1 unspecified atom stereocenters. The fourth-order valence-electron chi connectivity index (χ4n) is 1.75. The van der Waals surface area contributed by atoms with E-state index in [0.29, 0.717) is 13.0 Å². The Hall–Kier alpha value is -2.56. The van der Waals surface area contributed by atoms with Crippen molar-refractivity contribution in [3.05, 3.63) is 0 Å². The van der Waals surface area contributed by atoms with Gasteiger partial charge >= 0.3 is 6.09 Å². The van der Waals surface area contributed by atoms with Crippen molar-refractivity contribution in [2.45, 2.75) is 45.3 Å². The highest BCUT2D eigenvalue weighted by atomic mass is 16.6. The number of nitrogens with zero attached hydrogens (tertiary/aromatic N) is 1. The van der Waals surface area contributed by atoms with Crippen molar-refractivity contribution >= 4 is 23.9 Å². The van der Waals surface area contributed by atoms with Gasteiger partial charge in [0.1, 0.15) is 18.2 Å². The van der Waals surface area contributed by atoms with E-state index in [0.717, 1.165) is 5.01 Å². The molecule has 144 valence electrons. The van der Waals surface area contributed by atoms with Gasteiger partial charge in [0.25, 0.3) is 5.91 Å².